The highest BCUT2D eigenvalue weighted by molar-refractivity contribution is 5.95. The maximum Gasteiger partial charge on any atom is 0.251 e. The SMILES string of the molecule is O=C([O-])CCNC(=O)c1ccc2c(c1)[C@H]1C=CC[C@H]1[C@H](c1cccc(F)c1)N2. The molecule has 2 N–H and O–H groups in total. The van der Waals surface area contributed by atoms with Crippen molar-refractivity contribution in [3.05, 3.63) is 77.1 Å². The lowest BCUT2D eigenvalue weighted by molar-refractivity contribution is -0.305. The van der Waals surface area contributed by atoms with Gasteiger partial charge in [0.2, 0.25) is 0 Å². The van der Waals surface area contributed by atoms with E-state index in [4.69, 9.17) is 0 Å². The van der Waals surface area contributed by atoms with Gasteiger partial charge in [0.15, 0.2) is 0 Å². The third-order valence-corrected chi connectivity index (χ3v) is 5.45. The van der Waals surface area contributed by atoms with Crippen LogP contribution in [0.5, 0.6) is 0 Å². The maximum absolute atomic E-state index is 13.7. The maximum atomic E-state index is 13.7. The van der Waals surface area contributed by atoms with Gasteiger partial charge in [-0.05, 0) is 53.8 Å². The van der Waals surface area contributed by atoms with Crippen molar-refractivity contribution in [2.24, 2.45) is 5.92 Å². The fourth-order valence-electron chi connectivity index (χ4n) is 4.15. The van der Waals surface area contributed by atoms with Gasteiger partial charge in [-0.1, -0.05) is 24.3 Å². The molecule has 0 saturated heterocycles. The number of halogens is 1. The van der Waals surface area contributed by atoms with Gasteiger partial charge in [0, 0.05) is 36.1 Å². The average molecular weight is 379 g/mol. The van der Waals surface area contributed by atoms with Crippen LogP contribution in [0.15, 0.2) is 54.6 Å². The Kier molecular flexibility index (Phi) is 4.86. The number of amides is 1. The molecule has 6 heteroatoms. The molecular weight excluding hydrogens is 359 g/mol. The second-order valence-corrected chi connectivity index (χ2v) is 7.21. The van der Waals surface area contributed by atoms with E-state index < -0.39 is 5.97 Å². The van der Waals surface area contributed by atoms with Gasteiger partial charge in [-0.3, -0.25) is 4.79 Å². The number of carbonyl (C=O) groups excluding carboxylic acids is 2. The largest absolute Gasteiger partial charge is 0.550 e. The van der Waals surface area contributed by atoms with Crippen molar-refractivity contribution in [2.75, 3.05) is 11.9 Å². The molecule has 2 aliphatic rings. The minimum atomic E-state index is -1.20. The lowest BCUT2D eigenvalue weighted by Crippen LogP contribution is -2.32. The van der Waals surface area contributed by atoms with E-state index in [-0.39, 0.29) is 42.6 Å². The summed E-state index contributed by atoms with van der Waals surface area (Å²) in [6.07, 6.45) is 4.93. The second kappa shape index (κ2) is 7.46. The molecule has 1 amide bonds. The van der Waals surface area contributed by atoms with Gasteiger partial charge in [-0.25, -0.2) is 4.39 Å². The van der Waals surface area contributed by atoms with Crippen LogP contribution in [0.2, 0.25) is 0 Å². The predicted molar refractivity (Wildman–Crippen MR) is 101 cm³/mol. The number of hydrogen-bond acceptors (Lipinski definition) is 4. The lowest BCUT2D eigenvalue weighted by atomic mass is 9.76. The number of anilines is 1. The van der Waals surface area contributed by atoms with Crippen LogP contribution in [0.25, 0.3) is 0 Å². The van der Waals surface area contributed by atoms with Gasteiger partial charge < -0.3 is 20.5 Å². The monoisotopic (exact) mass is 379 g/mol. The Morgan fingerprint density at radius 1 is 1.21 bits per heavy atom. The highest BCUT2D eigenvalue weighted by atomic mass is 19.1. The Bertz CT molecular complexity index is 957. The molecule has 4 rings (SSSR count). The number of benzene rings is 2. The quantitative estimate of drug-likeness (QED) is 0.783. The van der Waals surface area contributed by atoms with Crippen LogP contribution in [0, 0.1) is 11.7 Å². The molecule has 5 nitrogen and oxygen atoms in total. The molecule has 1 heterocycles. The minimum absolute atomic E-state index is 0.00839. The Labute approximate surface area is 162 Å². The topological polar surface area (TPSA) is 81.3 Å². The molecule has 1 aliphatic heterocycles. The van der Waals surface area contributed by atoms with E-state index in [1.165, 1.54) is 6.07 Å². The van der Waals surface area contributed by atoms with E-state index in [1.54, 1.807) is 18.2 Å². The molecule has 2 aromatic rings. The van der Waals surface area contributed by atoms with Crippen LogP contribution in [0.3, 0.4) is 0 Å². The van der Waals surface area contributed by atoms with Crippen molar-refractivity contribution in [1.29, 1.82) is 0 Å². The van der Waals surface area contributed by atoms with E-state index in [9.17, 15) is 19.1 Å². The Hall–Kier alpha value is -3.15. The van der Waals surface area contributed by atoms with Crippen molar-refractivity contribution in [2.45, 2.75) is 24.8 Å². The third-order valence-electron chi connectivity index (χ3n) is 5.45. The van der Waals surface area contributed by atoms with Crippen molar-refractivity contribution in [1.82, 2.24) is 5.32 Å². The zero-order chi connectivity index (χ0) is 19.7. The zero-order valence-electron chi connectivity index (χ0n) is 15.2. The molecule has 0 bridgehead atoms. The number of aliphatic carboxylic acids is 1. The molecule has 2 aromatic carbocycles. The van der Waals surface area contributed by atoms with Crippen LogP contribution < -0.4 is 15.7 Å². The van der Waals surface area contributed by atoms with Gasteiger partial charge in [0.05, 0.1) is 6.04 Å². The lowest BCUT2D eigenvalue weighted by Gasteiger charge is -2.37. The molecule has 0 fully saturated rings. The van der Waals surface area contributed by atoms with Crippen LogP contribution in [0.1, 0.15) is 46.3 Å². The predicted octanol–water partition coefficient (Wildman–Crippen LogP) is 2.52. The zero-order valence-corrected chi connectivity index (χ0v) is 15.2. The van der Waals surface area contributed by atoms with Crippen LogP contribution in [-0.4, -0.2) is 18.4 Å². The van der Waals surface area contributed by atoms with Gasteiger partial charge in [0.25, 0.3) is 5.91 Å². The molecule has 0 spiro atoms. The van der Waals surface area contributed by atoms with Gasteiger partial charge >= 0.3 is 0 Å². The average Bonchev–Trinajstić information content (AvgIpc) is 3.16. The molecule has 1 aliphatic carbocycles. The van der Waals surface area contributed by atoms with E-state index in [1.807, 2.05) is 18.2 Å². The van der Waals surface area contributed by atoms with Crippen LogP contribution >= 0.6 is 0 Å². The molecular formula is C22H20FN2O3-. The molecule has 0 radical (unpaired) electrons. The number of carboxylic acids is 1. The van der Waals surface area contributed by atoms with Crippen molar-refractivity contribution < 1.29 is 19.1 Å². The fraction of sp³-hybridized carbons (Fsp3) is 0.273. The summed E-state index contributed by atoms with van der Waals surface area (Å²) in [6.45, 7) is 0.0318. The summed E-state index contributed by atoms with van der Waals surface area (Å²) in [5.74, 6) is -1.38. The fourth-order valence-corrected chi connectivity index (χ4v) is 4.15. The molecule has 0 aromatic heterocycles. The molecule has 144 valence electrons. The van der Waals surface area contributed by atoms with Gasteiger partial charge in [-0.15, -0.1) is 0 Å². The van der Waals surface area contributed by atoms with E-state index >= 15 is 0 Å². The van der Waals surface area contributed by atoms with Crippen molar-refractivity contribution >= 4 is 17.6 Å². The van der Waals surface area contributed by atoms with E-state index in [2.05, 4.69) is 22.8 Å². The summed E-state index contributed by atoms with van der Waals surface area (Å²) >= 11 is 0. The van der Waals surface area contributed by atoms with Crippen molar-refractivity contribution in [3.63, 3.8) is 0 Å². The molecule has 3 atom stereocenters. The number of nitrogens with one attached hydrogen (secondary N) is 2. The number of carbonyl (C=O) groups is 2. The summed E-state index contributed by atoms with van der Waals surface area (Å²) in [5.41, 5.74) is 3.35. The Balaban J connectivity index is 1.60. The summed E-state index contributed by atoms with van der Waals surface area (Å²) in [7, 11) is 0. The smallest absolute Gasteiger partial charge is 0.251 e. The van der Waals surface area contributed by atoms with E-state index in [0.717, 1.165) is 23.2 Å². The number of rotatable bonds is 5. The molecule has 0 unspecified atom stereocenters. The highest BCUT2D eigenvalue weighted by Gasteiger charge is 2.38. The standard InChI is InChI=1S/C22H21FN2O3/c23-15-4-1-3-13(11-15)21-17-6-2-5-16(17)18-12-14(7-8-19(18)25-21)22(28)24-10-9-20(26)27/h1-5,7-8,11-12,16-17,21,25H,6,9-10H2,(H,24,28)(H,26,27)/p-1/t16-,17+,21-/m0/s1. The highest BCUT2D eigenvalue weighted by Crippen LogP contribution is 2.49. The molecule has 0 saturated carbocycles. The first-order chi connectivity index (χ1) is 13.5. The van der Waals surface area contributed by atoms with Crippen molar-refractivity contribution in [3.8, 4) is 0 Å². The Morgan fingerprint density at radius 3 is 2.86 bits per heavy atom. The van der Waals surface area contributed by atoms with E-state index in [0.29, 0.717) is 5.56 Å². The Morgan fingerprint density at radius 2 is 2.07 bits per heavy atom. The van der Waals surface area contributed by atoms with Gasteiger partial charge in [0.1, 0.15) is 5.82 Å². The number of hydrogen-bond donors (Lipinski definition) is 2. The van der Waals surface area contributed by atoms with Crippen LogP contribution in [-0.2, 0) is 4.79 Å². The summed E-state index contributed by atoms with van der Waals surface area (Å²) in [5, 5.41) is 16.6. The summed E-state index contributed by atoms with van der Waals surface area (Å²) in [4.78, 5) is 22.8. The third kappa shape index (κ3) is 3.50. The minimum Gasteiger partial charge on any atom is -0.550 e. The number of fused-ring (bicyclic) bond motifs is 3. The summed E-state index contributed by atoms with van der Waals surface area (Å²) in [6, 6.07) is 12.1. The first-order valence-electron chi connectivity index (χ1n) is 9.33. The number of carboxylic acid groups (broad SMARTS) is 1. The van der Waals surface area contributed by atoms with Crippen LogP contribution in [0.4, 0.5) is 10.1 Å². The van der Waals surface area contributed by atoms with Gasteiger partial charge in [-0.2, -0.15) is 0 Å². The second-order valence-electron chi connectivity index (χ2n) is 7.21. The number of allylic oxidation sites excluding steroid dienone is 2. The normalized spacial score (nSPS) is 22.1. The first kappa shape index (κ1) is 18.2. The molecule has 28 heavy (non-hydrogen) atoms. The first-order valence-corrected chi connectivity index (χ1v) is 9.33. The summed E-state index contributed by atoms with van der Waals surface area (Å²) < 4.78 is 13.7.